The summed E-state index contributed by atoms with van der Waals surface area (Å²) in [6.45, 7) is 0.0110. The zero-order valence-corrected chi connectivity index (χ0v) is 11.6. The Morgan fingerprint density at radius 1 is 1.50 bits per heavy atom. The molecule has 0 aromatic carbocycles. The van der Waals surface area contributed by atoms with E-state index < -0.39 is 24.9 Å². The van der Waals surface area contributed by atoms with E-state index in [4.69, 9.17) is 5.11 Å². The summed E-state index contributed by atoms with van der Waals surface area (Å²) in [5, 5.41) is 10.4. The molecule has 0 unspecified atom stereocenters. The molecular formula is C13H14F3NO2S. The van der Waals surface area contributed by atoms with E-state index in [0.717, 1.165) is 10.4 Å². The van der Waals surface area contributed by atoms with Crippen LogP contribution in [0.4, 0.5) is 13.2 Å². The predicted molar refractivity (Wildman–Crippen MR) is 70.0 cm³/mol. The van der Waals surface area contributed by atoms with Gasteiger partial charge in [0.15, 0.2) is 0 Å². The van der Waals surface area contributed by atoms with E-state index in [1.165, 1.54) is 23.3 Å². The van der Waals surface area contributed by atoms with Gasteiger partial charge in [-0.15, -0.1) is 11.3 Å². The lowest BCUT2D eigenvalue weighted by atomic mass is 10.2. The molecule has 1 amide bonds. The summed E-state index contributed by atoms with van der Waals surface area (Å²) in [4.78, 5) is 13.5. The van der Waals surface area contributed by atoms with Gasteiger partial charge in [0, 0.05) is 20.0 Å². The summed E-state index contributed by atoms with van der Waals surface area (Å²) in [6.07, 6.45) is -5.96. The highest BCUT2D eigenvalue weighted by Crippen LogP contribution is 2.22. The molecule has 7 heteroatoms. The SMILES string of the molecule is CN(Cc1csc(C#CCO)c1)C(=O)CCC(F)(F)F. The van der Waals surface area contributed by atoms with E-state index in [0.29, 0.717) is 0 Å². The van der Waals surface area contributed by atoms with Gasteiger partial charge in [0.2, 0.25) is 5.91 Å². The zero-order chi connectivity index (χ0) is 15.2. The molecule has 0 aliphatic rings. The quantitative estimate of drug-likeness (QED) is 0.868. The minimum Gasteiger partial charge on any atom is -0.384 e. The van der Waals surface area contributed by atoms with Crippen molar-refractivity contribution in [3.63, 3.8) is 0 Å². The van der Waals surface area contributed by atoms with Crippen molar-refractivity contribution in [3.05, 3.63) is 21.9 Å². The van der Waals surface area contributed by atoms with Crippen molar-refractivity contribution >= 4 is 17.2 Å². The standard InChI is InChI=1S/C13H14F3NO2S/c1-17(12(19)4-5-13(14,15)16)8-10-7-11(20-9-10)3-2-6-18/h7,9,18H,4-6,8H2,1H3. The van der Waals surface area contributed by atoms with Gasteiger partial charge < -0.3 is 10.0 Å². The number of halogens is 3. The van der Waals surface area contributed by atoms with Crippen LogP contribution in [-0.4, -0.2) is 35.7 Å². The molecular weight excluding hydrogens is 291 g/mol. The summed E-state index contributed by atoms with van der Waals surface area (Å²) in [5.41, 5.74) is 0.806. The van der Waals surface area contributed by atoms with Crippen LogP contribution in [-0.2, 0) is 11.3 Å². The molecule has 110 valence electrons. The predicted octanol–water partition coefficient (Wildman–Crippen LogP) is 2.39. The van der Waals surface area contributed by atoms with Crippen molar-refractivity contribution in [2.45, 2.75) is 25.6 Å². The first kappa shape index (κ1) is 16.5. The molecule has 0 aliphatic carbocycles. The van der Waals surface area contributed by atoms with Crippen molar-refractivity contribution in [1.29, 1.82) is 0 Å². The van der Waals surface area contributed by atoms with Gasteiger partial charge in [-0.2, -0.15) is 13.2 Å². The molecule has 1 rings (SSSR count). The van der Waals surface area contributed by atoms with Crippen molar-refractivity contribution in [1.82, 2.24) is 4.90 Å². The maximum atomic E-state index is 12.0. The Kier molecular flexibility index (Phi) is 6.05. The van der Waals surface area contributed by atoms with Crippen molar-refractivity contribution < 1.29 is 23.1 Å². The molecule has 0 fully saturated rings. The molecule has 1 heterocycles. The van der Waals surface area contributed by atoms with E-state index in [1.54, 1.807) is 11.4 Å². The van der Waals surface area contributed by atoms with Crippen LogP contribution in [0.3, 0.4) is 0 Å². The molecule has 0 spiro atoms. The van der Waals surface area contributed by atoms with Gasteiger partial charge in [-0.1, -0.05) is 11.8 Å². The van der Waals surface area contributed by atoms with E-state index in [2.05, 4.69) is 11.8 Å². The molecule has 0 radical (unpaired) electrons. The van der Waals surface area contributed by atoms with Crippen LogP contribution in [0.2, 0.25) is 0 Å². The number of thiophene rings is 1. The number of nitrogens with zero attached hydrogens (tertiary/aromatic N) is 1. The second kappa shape index (κ2) is 7.31. The maximum Gasteiger partial charge on any atom is 0.389 e. The van der Waals surface area contributed by atoms with Gasteiger partial charge >= 0.3 is 6.18 Å². The summed E-state index contributed by atoms with van der Waals surface area (Å²) < 4.78 is 36.1. The normalized spacial score (nSPS) is 10.8. The number of rotatable bonds is 4. The average Bonchev–Trinajstić information content (AvgIpc) is 2.80. The van der Waals surface area contributed by atoms with Crippen LogP contribution >= 0.6 is 11.3 Å². The fourth-order valence-electron chi connectivity index (χ4n) is 1.45. The third-order valence-electron chi connectivity index (χ3n) is 2.41. The molecule has 1 aromatic rings. The largest absolute Gasteiger partial charge is 0.389 e. The van der Waals surface area contributed by atoms with Gasteiger partial charge in [0.1, 0.15) is 6.61 Å². The van der Waals surface area contributed by atoms with Gasteiger partial charge in [-0.3, -0.25) is 4.79 Å². The Balaban J connectivity index is 2.51. The number of amides is 1. The second-order valence-electron chi connectivity index (χ2n) is 4.14. The Bertz CT molecular complexity index is 514. The van der Waals surface area contributed by atoms with Crippen LogP contribution < -0.4 is 0 Å². The fourth-order valence-corrected chi connectivity index (χ4v) is 2.22. The Morgan fingerprint density at radius 3 is 2.80 bits per heavy atom. The van der Waals surface area contributed by atoms with Crippen LogP contribution in [0, 0.1) is 11.8 Å². The van der Waals surface area contributed by atoms with E-state index in [9.17, 15) is 18.0 Å². The van der Waals surface area contributed by atoms with Gasteiger partial charge in [-0.25, -0.2) is 0 Å². The number of hydrogen-bond acceptors (Lipinski definition) is 3. The van der Waals surface area contributed by atoms with Gasteiger partial charge in [0.25, 0.3) is 0 Å². The zero-order valence-electron chi connectivity index (χ0n) is 10.8. The molecule has 0 bridgehead atoms. The molecule has 20 heavy (non-hydrogen) atoms. The number of aliphatic hydroxyl groups is 1. The summed E-state index contributed by atoms with van der Waals surface area (Å²) in [7, 11) is 1.47. The highest BCUT2D eigenvalue weighted by Gasteiger charge is 2.28. The number of carbonyl (C=O) groups is 1. The lowest BCUT2D eigenvalue weighted by Crippen LogP contribution is -2.27. The van der Waals surface area contributed by atoms with Crippen molar-refractivity contribution in [3.8, 4) is 11.8 Å². The topological polar surface area (TPSA) is 40.5 Å². The molecule has 0 saturated carbocycles. The Morgan fingerprint density at radius 2 is 2.20 bits per heavy atom. The first-order chi connectivity index (χ1) is 9.31. The van der Waals surface area contributed by atoms with Crippen LogP contribution in [0.25, 0.3) is 0 Å². The highest BCUT2D eigenvalue weighted by molar-refractivity contribution is 7.10. The number of aliphatic hydroxyl groups excluding tert-OH is 1. The van der Waals surface area contributed by atoms with Gasteiger partial charge in [0.05, 0.1) is 11.3 Å². The molecule has 0 aliphatic heterocycles. The number of alkyl halides is 3. The van der Waals surface area contributed by atoms with Crippen LogP contribution in [0.1, 0.15) is 23.3 Å². The number of hydrogen-bond donors (Lipinski definition) is 1. The lowest BCUT2D eigenvalue weighted by molar-refractivity contribution is -0.148. The molecule has 0 atom stereocenters. The summed E-state index contributed by atoms with van der Waals surface area (Å²) in [6, 6.07) is 1.75. The van der Waals surface area contributed by atoms with Crippen molar-refractivity contribution in [2.75, 3.05) is 13.7 Å². The summed E-state index contributed by atoms with van der Waals surface area (Å²) >= 11 is 1.36. The van der Waals surface area contributed by atoms with Crippen LogP contribution in [0.15, 0.2) is 11.4 Å². The molecule has 0 saturated heterocycles. The van der Waals surface area contributed by atoms with Crippen molar-refractivity contribution in [2.24, 2.45) is 0 Å². The van der Waals surface area contributed by atoms with E-state index in [-0.39, 0.29) is 13.2 Å². The maximum absolute atomic E-state index is 12.0. The minimum atomic E-state index is -4.31. The lowest BCUT2D eigenvalue weighted by Gasteiger charge is -2.16. The molecule has 3 nitrogen and oxygen atoms in total. The highest BCUT2D eigenvalue weighted by atomic mass is 32.1. The third kappa shape index (κ3) is 6.08. The smallest absolute Gasteiger partial charge is 0.384 e. The fraction of sp³-hybridized carbons (Fsp3) is 0.462. The molecule has 1 aromatic heterocycles. The monoisotopic (exact) mass is 305 g/mol. The second-order valence-corrected chi connectivity index (χ2v) is 5.06. The molecule has 1 N–H and O–H groups in total. The van der Waals surface area contributed by atoms with E-state index in [1.807, 2.05) is 0 Å². The minimum absolute atomic E-state index is 0.233. The Labute approximate surface area is 119 Å². The number of carbonyl (C=O) groups excluding carboxylic acids is 1. The Hall–Kier alpha value is -1.52. The van der Waals surface area contributed by atoms with Crippen LogP contribution in [0.5, 0.6) is 0 Å². The van der Waals surface area contributed by atoms with E-state index >= 15 is 0 Å². The first-order valence-corrected chi connectivity index (χ1v) is 6.67. The van der Waals surface area contributed by atoms with Gasteiger partial charge in [-0.05, 0) is 17.0 Å². The average molecular weight is 305 g/mol. The third-order valence-corrected chi connectivity index (χ3v) is 3.31. The summed E-state index contributed by atoms with van der Waals surface area (Å²) in [5.74, 6) is 4.68. The first-order valence-electron chi connectivity index (χ1n) is 5.79.